The van der Waals surface area contributed by atoms with Crippen molar-refractivity contribution in [3.05, 3.63) is 35.4 Å². The average molecular weight is 321 g/mol. The van der Waals surface area contributed by atoms with E-state index in [1.165, 1.54) is 0 Å². The summed E-state index contributed by atoms with van der Waals surface area (Å²) in [7, 11) is 4.23. The quantitative estimate of drug-likeness (QED) is 0.945. The molecule has 2 aromatic rings. The zero-order chi connectivity index (χ0) is 15.7. The van der Waals surface area contributed by atoms with Gasteiger partial charge >= 0.3 is 0 Å². The van der Waals surface area contributed by atoms with Crippen molar-refractivity contribution in [1.82, 2.24) is 19.6 Å². The van der Waals surface area contributed by atoms with Crippen LogP contribution in [0.3, 0.4) is 0 Å². The predicted molar refractivity (Wildman–Crippen MR) is 87.4 cm³/mol. The number of carbonyl (C=O) groups is 1. The molecule has 118 valence electrons. The van der Waals surface area contributed by atoms with Gasteiger partial charge in [0.2, 0.25) is 5.82 Å². The third-order valence-electron chi connectivity index (χ3n) is 4.46. The first-order valence-electron chi connectivity index (χ1n) is 7.64. The molecule has 0 aliphatic heterocycles. The van der Waals surface area contributed by atoms with Crippen molar-refractivity contribution in [1.29, 1.82) is 0 Å². The molecule has 1 aliphatic rings. The molecule has 22 heavy (non-hydrogen) atoms. The highest BCUT2D eigenvalue weighted by Crippen LogP contribution is 2.22. The Bertz CT molecular complexity index is 674. The fraction of sp³-hybridized carbons (Fsp3) is 0.500. The maximum absolute atomic E-state index is 12.5. The maximum atomic E-state index is 12.5. The zero-order valence-electron chi connectivity index (χ0n) is 12.9. The second kappa shape index (κ2) is 6.26. The molecule has 0 spiro atoms. The number of hydrogen-bond acceptors (Lipinski definition) is 3. The van der Waals surface area contributed by atoms with Crippen molar-refractivity contribution in [2.24, 2.45) is 0 Å². The van der Waals surface area contributed by atoms with Crippen LogP contribution in [0.4, 0.5) is 0 Å². The van der Waals surface area contributed by atoms with Crippen molar-refractivity contribution in [2.45, 2.75) is 37.8 Å². The number of hydrogen-bond donors (Lipinski definition) is 1. The molecule has 1 fully saturated rings. The molecule has 0 radical (unpaired) electrons. The van der Waals surface area contributed by atoms with Crippen LogP contribution in [0.2, 0.25) is 5.02 Å². The number of fused-ring (bicyclic) bond motifs is 1. The predicted octanol–water partition coefficient (Wildman–Crippen LogP) is 2.59. The summed E-state index contributed by atoms with van der Waals surface area (Å²) in [5.41, 5.74) is 0.828. The maximum Gasteiger partial charge on any atom is 0.287 e. The van der Waals surface area contributed by atoms with Crippen LogP contribution in [0.1, 0.15) is 36.3 Å². The Balaban J connectivity index is 1.67. The first-order chi connectivity index (χ1) is 10.5. The number of carbonyl (C=O) groups excluding carboxylic acids is 1. The van der Waals surface area contributed by atoms with Crippen molar-refractivity contribution in [2.75, 3.05) is 14.1 Å². The van der Waals surface area contributed by atoms with E-state index in [0.29, 0.717) is 16.9 Å². The van der Waals surface area contributed by atoms with Crippen LogP contribution in [0.25, 0.3) is 5.52 Å². The van der Waals surface area contributed by atoms with Crippen LogP contribution < -0.4 is 5.32 Å². The van der Waals surface area contributed by atoms with E-state index in [-0.39, 0.29) is 11.9 Å². The zero-order valence-corrected chi connectivity index (χ0v) is 13.7. The van der Waals surface area contributed by atoms with Gasteiger partial charge in [0.25, 0.3) is 5.91 Å². The number of nitrogens with zero attached hydrogens (tertiary/aromatic N) is 3. The van der Waals surface area contributed by atoms with Gasteiger partial charge in [0.05, 0.1) is 11.7 Å². The summed E-state index contributed by atoms with van der Waals surface area (Å²) in [5, 5.41) is 3.75. The third kappa shape index (κ3) is 3.10. The van der Waals surface area contributed by atoms with E-state index < -0.39 is 0 Å². The van der Waals surface area contributed by atoms with Gasteiger partial charge in [-0.25, -0.2) is 4.98 Å². The van der Waals surface area contributed by atoms with Crippen LogP contribution in [-0.2, 0) is 0 Å². The third-order valence-corrected chi connectivity index (χ3v) is 4.69. The van der Waals surface area contributed by atoms with Gasteiger partial charge < -0.3 is 10.2 Å². The van der Waals surface area contributed by atoms with Gasteiger partial charge in [-0.2, -0.15) is 0 Å². The molecule has 1 N–H and O–H groups in total. The van der Waals surface area contributed by atoms with E-state index >= 15 is 0 Å². The highest BCUT2D eigenvalue weighted by molar-refractivity contribution is 6.30. The fourth-order valence-electron chi connectivity index (χ4n) is 3.13. The monoisotopic (exact) mass is 320 g/mol. The van der Waals surface area contributed by atoms with Gasteiger partial charge in [-0.15, -0.1) is 0 Å². The van der Waals surface area contributed by atoms with E-state index in [9.17, 15) is 4.79 Å². The second-order valence-corrected chi connectivity index (χ2v) is 6.60. The summed E-state index contributed by atoms with van der Waals surface area (Å²) < 4.78 is 1.77. The van der Waals surface area contributed by atoms with Gasteiger partial charge in [0.1, 0.15) is 0 Å². The Labute approximate surface area is 135 Å². The van der Waals surface area contributed by atoms with Crippen molar-refractivity contribution < 1.29 is 4.79 Å². The number of imidazole rings is 1. The van der Waals surface area contributed by atoms with Crippen LogP contribution >= 0.6 is 11.6 Å². The minimum Gasteiger partial charge on any atom is -0.347 e. The van der Waals surface area contributed by atoms with E-state index in [1.54, 1.807) is 28.9 Å². The molecule has 0 bridgehead atoms. The molecule has 0 atom stereocenters. The summed E-state index contributed by atoms with van der Waals surface area (Å²) >= 11 is 5.96. The lowest BCUT2D eigenvalue weighted by Crippen LogP contribution is -2.42. The summed E-state index contributed by atoms with van der Waals surface area (Å²) in [6.45, 7) is 0. The SMILES string of the molecule is CN(C)C1CCC(NC(=O)c2ncc3cc(Cl)ccn23)CC1. The van der Waals surface area contributed by atoms with Gasteiger partial charge in [-0.1, -0.05) is 11.6 Å². The summed E-state index contributed by atoms with van der Waals surface area (Å²) in [4.78, 5) is 18.9. The van der Waals surface area contributed by atoms with Gasteiger partial charge in [-0.05, 0) is 51.9 Å². The standard InChI is InChI=1S/C16H21ClN4O/c1-20(2)13-5-3-12(4-6-13)19-16(22)15-18-10-14-9-11(17)7-8-21(14)15/h7-10,12-13H,3-6H2,1-2H3,(H,19,22). The highest BCUT2D eigenvalue weighted by Gasteiger charge is 2.24. The average Bonchev–Trinajstić information content (AvgIpc) is 2.90. The first kappa shape index (κ1) is 15.3. The number of nitrogens with one attached hydrogen (secondary N) is 1. The molecule has 0 aromatic carbocycles. The molecular formula is C16H21ClN4O. The van der Waals surface area contributed by atoms with Crippen LogP contribution in [0.15, 0.2) is 24.5 Å². The molecule has 0 unspecified atom stereocenters. The molecule has 1 saturated carbocycles. The Kier molecular flexibility index (Phi) is 4.36. The van der Waals surface area contributed by atoms with E-state index in [1.807, 2.05) is 0 Å². The topological polar surface area (TPSA) is 49.6 Å². The number of rotatable bonds is 3. The molecule has 3 rings (SSSR count). The smallest absolute Gasteiger partial charge is 0.287 e. The lowest BCUT2D eigenvalue weighted by Gasteiger charge is -2.32. The first-order valence-corrected chi connectivity index (χ1v) is 8.02. The molecule has 6 heteroatoms. The van der Waals surface area contributed by atoms with Crippen LogP contribution in [0, 0.1) is 0 Å². The number of pyridine rings is 1. The lowest BCUT2D eigenvalue weighted by molar-refractivity contribution is 0.0905. The Hall–Kier alpha value is -1.59. The lowest BCUT2D eigenvalue weighted by atomic mass is 9.90. The normalized spacial score (nSPS) is 22.2. The molecule has 0 saturated heterocycles. The van der Waals surface area contributed by atoms with Gasteiger partial charge in [0, 0.05) is 23.3 Å². The van der Waals surface area contributed by atoms with Gasteiger partial charge in [0.15, 0.2) is 0 Å². The van der Waals surface area contributed by atoms with Crippen LogP contribution in [-0.4, -0.2) is 46.4 Å². The van der Waals surface area contributed by atoms with Crippen molar-refractivity contribution in [3.63, 3.8) is 0 Å². The van der Waals surface area contributed by atoms with Crippen molar-refractivity contribution in [3.8, 4) is 0 Å². The van der Waals surface area contributed by atoms with E-state index in [0.717, 1.165) is 31.2 Å². The Morgan fingerprint density at radius 1 is 1.36 bits per heavy atom. The molecule has 1 aliphatic carbocycles. The highest BCUT2D eigenvalue weighted by atomic mass is 35.5. The number of halogens is 1. The largest absolute Gasteiger partial charge is 0.347 e. The number of aromatic nitrogens is 2. The minimum atomic E-state index is -0.115. The molecule has 2 heterocycles. The molecule has 1 amide bonds. The molecular weight excluding hydrogens is 300 g/mol. The summed E-state index contributed by atoms with van der Waals surface area (Å²) in [6.07, 6.45) is 7.73. The number of amides is 1. The molecule has 2 aromatic heterocycles. The van der Waals surface area contributed by atoms with E-state index in [4.69, 9.17) is 11.6 Å². The van der Waals surface area contributed by atoms with Crippen molar-refractivity contribution >= 4 is 23.0 Å². The van der Waals surface area contributed by atoms with Crippen LogP contribution in [0.5, 0.6) is 0 Å². The van der Waals surface area contributed by atoms with E-state index in [2.05, 4.69) is 29.3 Å². The fourth-order valence-corrected chi connectivity index (χ4v) is 3.30. The van der Waals surface area contributed by atoms with Gasteiger partial charge in [-0.3, -0.25) is 9.20 Å². The minimum absolute atomic E-state index is 0.115. The second-order valence-electron chi connectivity index (χ2n) is 6.16. The molecule has 5 nitrogen and oxygen atoms in total. The summed E-state index contributed by atoms with van der Waals surface area (Å²) in [5.74, 6) is 0.303. The Morgan fingerprint density at radius 3 is 2.77 bits per heavy atom. The summed E-state index contributed by atoms with van der Waals surface area (Å²) in [6, 6.07) is 4.43. The Morgan fingerprint density at radius 2 is 2.09 bits per heavy atom.